The van der Waals surface area contributed by atoms with Gasteiger partial charge < -0.3 is 10.1 Å². The Balaban J connectivity index is 1.92. The van der Waals surface area contributed by atoms with Crippen molar-refractivity contribution in [3.63, 3.8) is 0 Å². The second-order valence-electron chi connectivity index (χ2n) is 5.05. The Morgan fingerprint density at radius 2 is 2.25 bits per heavy atom. The summed E-state index contributed by atoms with van der Waals surface area (Å²) in [4.78, 5) is 14.0. The van der Waals surface area contributed by atoms with E-state index in [0.717, 1.165) is 6.42 Å². The van der Waals surface area contributed by atoms with Gasteiger partial charge in [0.1, 0.15) is 0 Å². The fourth-order valence-corrected chi connectivity index (χ4v) is 3.31. The summed E-state index contributed by atoms with van der Waals surface area (Å²) in [6, 6.07) is 2.05. The molecular formula is C12H22N2O2. The molecule has 92 valence electrons. The van der Waals surface area contributed by atoms with Crippen LogP contribution in [0.5, 0.6) is 0 Å². The van der Waals surface area contributed by atoms with Crippen molar-refractivity contribution in [3.8, 4) is 0 Å². The predicted octanol–water partition coefficient (Wildman–Crippen LogP) is 1.75. The molecule has 2 aliphatic rings. The normalized spacial score (nSPS) is 33.4. The minimum Gasteiger partial charge on any atom is -0.450 e. The number of carbonyl (C=O) groups is 1. The third-order valence-corrected chi connectivity index (χ3v) is 3.77. The topological polar surface area (TPSA) is 41.6 Å². The molecule has 0 aromatic carbocycles. The highest BCUT2D eigenvalue weighted by atomic mass is 16.5. The van der Waals surface area contributed by atoms with Crippen molar-refractivity contribution in [1.82, 2.24) is 10.2 Å². The number of hydrogen-bond acceptors (Lipinski definition) is 3. The zero-order valence-corrected chi connectivity index (χ0v) is 10.4. The molecular weight excluding hydrogens is 204 g/mol. The third kappa shape index (κ3) is 2.03. The Bertz CT molecular complexity index is 268. The second-order valence-corrected chi connectivity index (χ2v) is 5.05. The van der Waals surface area contributed by atoms with Crippen molar-refractivity contribution in [2.45, 2.75) is 64.2 Å². The van der Waals surface area contributed by atoms with E-state index in [4.69, 9.17) is 4.74 Å². The first-order valence-corrected chi connectivity index (χ1v) is 6.34. The zero-order valence-electron chi connectivity index (χ0n) is 10.4. The Morgan fingerprint density at radius 3 is 2.81 bits per heavy atom. The van der Waals surface area contributed by atoms with Gasteiger partial charge in [0.2, 0.25) is 0 Å². The molecule has 4 nitrogen and oxygen atoms in total. The van der Waals surface area contributed by atoms with Crippen LogP contribution in [0.15, 0.2) is 0 Å². The zero-order chi connectivity index (χ0) is 11.7. The Kier molecular flexibility index (Phi) is 3.38. The standard InChI is InChI=1S/C12H22N2O2/c1-4-16-12(15)13-10-7-9-5-6-11(10)14(9)8(2)3/h8-11H,4-7H2,1-3H3,(H,13,15)/t9-,10+,11+/m0/s1. The van der Waals surface area contributed by atoms with Gasteiger partial charge in [0.05, 0.1) is 6.61 Å². The Morgan fingerprint density at radius 1 is 1.50 bits per heavy atom. The lowest BCUT2D eigenvalue weighted by Crippen LogP contribution is -2.45. The molecule has 2 fully saturated rings. The number of hydrogen-bond donors (Lipinski definition) is 1. The summed E-state index contributed by atoms with van der Waals surface area (Å²) in [5, 5.41) is 2.99. The van der Waals surface area contributed by atoms with Crippen molar-refractivity contribution in [3.05, 3.63) is 0 Å². The average Bonchev–Trinajstić information content (AvgIpc) is 2.74. The quantitative estimate of drug-likeness (QED) is 0.797. The third-order valence-electron chi connectivity index (χ3n) is 3.77. The maximum Gasteiger partial charge on any atom is 0.407 e. The number of nitrogens with one attached hydrogen (secondary N) is 1. The van der Waals surface area contributed by atoms with Gasteiger partial charge in [0.15, 0.2) is 0 Å². The Hall–Kier alpha value is -0.770. The number of alkyl carbamates (subject to hydrolysis) is 1. The molecule has 0 saturated carbocycles. The van der Waals surface area contributed by atoms with E-state index < -0.39 is 0 Å². The van der Waals surface area contributed by atoms with Gasteiger partial charge in [0.25, 0.3) is 0 Å². The molecule has 0 unspecified atom stereocenters. The van der Waals surface area contributed by atoms with Crippen LogP contribution in [0.1, 0.15) is 40.0 Å². The number of nitrogens with zero attached hydrogens (tertiary/aromatic N) is 1. The SMILES string of the molecule is CCOC(=O)N[C@@H]1C[C@@H]2CC[C@H]1N2C(C)C. The molecule has 0 aromatic rings. The van der Waals surface area contributed by atoms with Gasteiger partial charge in [0, 0.05) is 24.2 Å². The maximum atomic E-state index is 11.4. The number of rotatable bonds is 3. The molecule has 2 bridgehead atoms. The number of amides is 1. The van der Waals surface area contributed by atoms with Gasteiger partial charge in [-0.05, 0) is 40.0 Å². The monoisotopic (exact) mass is 226 g/mol. The van der Waals surface area contributed by atoms with E-state index in [2.05, 4.69) is 24.1 Å². The first kappa shape index (κ1) is 11.7. The van der Waals surface area contributed by atoms with Crippen molar-refractivity contribution < 1.29 is 9.53 Å². The highest BCUT2D eigenvalue weighted by Gasteiger charge is 2.47. The molecule has 4 heteroatoms. The van der Waals surface area contributed by atoms with Gasteiger partial charge in [-0.25, -0.2) is 4.79 Å². The fraction of sp³-hybridized carbons (Fsp3) is 0.917. The average molecular weight is 226 g/mol. The molecule has 2 heterocycles. The van der Waals surface area contributed by atoms with Crippen molar-refractivity contribution in [2.24, 2.45) is 0 Å². The van der Waals surface area contributed by atoms with Crippen LogP contribution >= 0.6 is 0 Å². The van der Waals surface area contributed by atoms with Gasteiger partial charge in [-0.3, -0.25) is 4.90 Å². The van der Waals surface area contributed by atoms with E-state index in [9.17, 15) is 4.79 Å². The lowest BCUT2D eigenvalue weighted by Gasteiger charge is -2.27. The van der Waals surface area contributed by atoms with Crippen LogP contribution in [0.2, 0.25) is 0 Å². The summed E-state index contributed by atoms with van der Waals surface area (Å²) < 4.78 is 4.94. The highest BCUT2D eigenvalue weighted by Crippen LogP contribution is 2.39. The fourth-order valence-electron chi connectivity index (χ4n) is 3.31. The van der Waals surface area contributed by atoms with Crippen LogP contribution in [0.3, 0.4) is 0 Å². The van der Waals surface area contributed by atoms with Crippen LogP contribution in [0.4, 0.5) is 4.79 Å². The number of carbonyl (C=O) groups excluding carboxylic acids is 1. The molecule has 2 rings (SSSR count). The van der Waals surface area contributed by atoms with E-state index in [1.165, 1.54) is 12.8 Å². The van der Waals surface area contributed by atoms with Crippen molar-refractivity contribution in [1.29, 1.82) is 0 Å². The number of ether oxygens (including phenoxy) is 1. The van der Waals surface area contributed by atoms with Crippen LogP contribution in [-0.2, 0) is 4.74 Å². The molecule has 3 atom stereocenters. The van der Waals surface area contributed by atoms with Gasteiger partial charge in [-0.1, -0.05) is 0 Å². The summed E-state index contributed by atoms with van der Waals surface area (Å²) in [5.74, 6) is 0. The van der Waals surface area contributed by atoms with Crippen LogP contribution in [-0.4, -0.2) is 41.8 Å². The largest absolute Gasteiger partial charge is 0.450 e. The first-order valence-electron chi connectivity index (χ1n) is 6.34. The van der Waals surface area contributed by atoms with E-state index in [1.54, 1.807) is 0 Å². The molecule has 0 spiro atoms. The van der Waals surface area contributed by atoms with Crippen LogP contribution in [0.25, 0.3) is 0 Å². The van der Waals surface area contributed by atoms with Crippen LogP contribution in [0, 0.1) is 0 Å². The second kappa shape index (κ2) is 4.62. The molecule has 2 aliphatic heterocycles. The van der Waals surface area contributed by atoms with E-state index in [1.807, 2.05) is 6.92 Å². The molecule has 16 heavy (non-hydrogen) atoms. The van der Waals surface area contributed by atoms with Gasteiger partial charge in [-0.2, -0.15) is 0 Å². The smallest absolute Gasteiger partial charge is 0.407 e. The Labute approximate surface area is 97.3 Å². The van der Waals surface area contributed by atoms with Crippen LogP contribution < -0.4 is 5.32 Å². The molecule has 0 radical (unpaired) electrons. The maximum absolute atomic E-state index is 11.4. The lowest BCUT2D eigenvalue weighted by molar-refractivity contribution is 0.142. The van der Waals surface area contributed by atoms with Crippen molar-refractivity contribution >= 4 is 6.09 Å². The summed E-state index contributed by atoms with van der Waals surface area (Å²) in [7, 11) is 0. The van der Waals surface area contributed by atoms with Gasteiger partial charge in [-0.15, -0.1) is 0 Å². The van der Waals surface area contributed by atoms with E-state index in [0.29, 0.717) is 30.8 Å². The molecule has 0 aromatic heterocycles. The summed E-state index contributed by atoms with van der Waals surface area (Å²) in [6.45, 7) is 6.75. The summed E-state index contributed by atoms with van der Waals surface area (Å²) >= 11 is 0. The lowest BCUT2D eigenvalue weighted by atomic mass is 9.96. The van der Waals surface area contributed by atoms with Crippen molar-refractivity contribution in [2.75, 3.05) is 6.61 Å². The predicted molar refractivity (Wildman–Crippen MR) is 62.3 cm³/mol. The minimum atomic E-state index is -0.260. The molecule has 1 amide bonds. The highest BCUT2D eigenvalue weighted by molar-refractivity contribution is 5.67. The number of fused-ring (bicyclic) bond motifs is 2. The first-order chi connectivity index (χ1) is 7.63. The van der Waals surface area contributed by atoms with E-state index in [-0.39, 0.29) is 6.09 Å². The minimum absolute atomic E-state index is 0.260. The molecule has 1 N–H and O–H groups in total. The molecule has 0 aliphatic carbocycles. The molecule has 2 saturated heterocycles. The summed E-state index contributed by atoms with van der Waals surface area (Å²) in [6.07, 6.45) is 3.31. The van der Waals surface area contributed by atoms with E-state index >= 15 is 0 Å². The summed E-state index contributed by atoms with van der Waals surface area (Å²) in [5.41, 5.74) is 0. The van der Waals surface area contributed by atoms with Gasteiger partial charge >= 0.3 is 6.09 Å².